The highest BCUT2D eigenvalue weighted by molar-refractivity contribution is 5.98. The van der Waals surface area contributed by atoms with Crippen molar-refractivity contribution in [2.45, 2.75) is 19.4 Å². The number of nitrogens with zero attached hydrogens (tertiary/aromatic N) is 3. The Morgan fingerprint density at radius 1 is 1.44 bits per heavy atom. The van der Waals surface area contributed by atoms with Gasteiger partial charge in [0.2, 0.25) is 0 Å². The van der Waals surface area contributed by atoms with Gasteiger partial charge in [0.25, 0.3) is 11.6 Å². The molecular formula is C12H13N3O3. The summed E-state index contributed by atoms with van der Waals surface area (Å²) in [4.78, 5) is 23.6. The van der Waals surface area contributed by atoms with Crippen LogP contribution in [0.3, 0.4) is 0 Å². The molecule has 0 N–H and O–H groups in total. The van der Waals surface area contributed by atoms with E-state index >= 15 is 0 Å². The van der Waals surface area contributed by atoms with Crippen LogP contribution in [-0.4, -0.2) is 28.3 Å². The normalized spacial score (nSPS) is 10.6. The summed E-state index contributed by atoms with van der Waals surface area (Å²) in [7, 11) is 1.45. The summed E-state index contributed by atoms with van der Waals surface area (Å²) < 4.78 is 0. The van der Waals surface area contributed by atoms with Gasteiger partial charge in [-0.3, -0.25) is 14.9 Å². The van der Waals surface area contributed by atoms with Gasteiger partial charge in [0.15, 0.2) is 0 Å². The molecule has 0 bridgehead atoms. The van der Waals surface area contributed by atoms with Crippen LogP contribution in [0.5, 0.6) is 0 Å². The van der Waals surface area contributed by atoms with Crippen molar-refractivity contribution in [2.75, 3.05) is 7.05 Å². The molecule has 0 unspecified atom stereocenters. The van der Waals surface area contributed by atoms with Crippen LogP contribution in [0, 0.1) is 21.4 Å². The third-order valence-corrected chi connectivity index (χ3v) is 2.75. The van der Waals surface area contributed by atoms with Crippen molar-refractivity contribution >= 4 is 11.6 Å². The molecule has 0 aliphatic carbocycles. The number of amides is 1. The molecule has 0 saturated heterocycles. The highest BCUT2D eigenvalue weighted by Gasteiger charge is 2.31. The van der Waals surface area contributed by atoms with Crippen molar-refractivity contribution in [3.8, 4) is 6.07 Å². The molecule has 6 nitrogen and oxygen atoms in total. The number of para-hydroxylation sites is 1. The van der Waals surface area contributed by atoms with Gasteiger partial charge in [0, 0.05) is 13.1 Å². The summed E-state index contributed by atoms with van der Waals surface area (Å²) in [5, 5.41) is 19.8. The van der Waals surface area contributed by atoms with Gasteiger partial charge in [0.1, 0.15) is 11.1 Å². The maximum Gasteiger partial charge on any atom is 0.282 e. The van der Waals surface area contributed by atoms with E-state index in [2.05, 4.69) is 0 Å². The molecule has 1 amide bonds. The van der Waals surface area contributed by atoms with Crippen LogP contribution in [0.1, 0.15) is 24.2 Å². The van der Waals surface area contributed by atoms with E-state index in [9.17, 15) is 14.9 Å². The summed E-state index contributed by atoms with van der Waals surface area (Å²) in [5.41, 5.74) is -1.31. The Kier molecular flexibility index (Phi) is 3.67. The van der Waals surface area contributed by atoms with Crippen molar-refractivity contribution < 1.29 is 9.72 Å². The lowest BCUT2D eigenvalue weighted by atomic mass is 10.0. The van der Waals surface area contributed by atoms with Crippen molar-refractivity contribution in [2.24, 2.45) is 0 Å². The number of hydrogen-bond donors (Lipinski definition) is 0. The molecule has 1 rings (SSSR count). The zero-order valence-electron chi connectivity index (χ0n) is 10.4. The smallest absolute Gasteiger partial charge is 0.282 e. The molecule has 6 heteroatoms. The van der Waals surface area contributed by atoms with Gasteiger partial charge >= 0.3 is 0 Å². The van der Waals surface area contributed by atoms with Crippen molar-refractivity contribution in [3.63, 3.8) is 0 Å². The predicted octanol–water partition coefficient (Wildman–Crippen LogP) is 1.97. The molecule has 0 fully saturated rings. The molecule has 0 heterocycles. The average molecular weight is 247 g/mol. The number of benzene rings is 1. The lowest BCUT2D eigenvalue weighted by molar-refractivity contribution is -0.385. The molecule has 18 heavy (non-hydrogen) atoms. The highest BCUT2D eigenvalue weighted by atomic mass is 16.6. The molecule has 0 saturated carbocycles. The molecule has 1 aromatic rings. The molecule has 0 spiro atoms. The molecule has 1 aromatic carbocycles. The fraction of sp³-hybridized carbons (Fsp3) is 0.333. The fourth-order valence-electron chi connectivity index (χ4n) is 1.32. The van der Waals surface area contributed by atoms with Crippen LogP contribution in [0.4, 0.5) is 5.69 Å². The minimum atomic E-state index is -1.03. The largest absolute Gasteiger partial charge is 0.323 e. The number of nitro benzene ring substituents is 1. The van der Waals surface area contributed by atoms with Crippen molar-refractivity contribution in [1.29, 1.82) is 5.26 Å². The van der Waals surface area contributed by atoms with Gasteiger partial charge < -0.3 is 4.90 Å². The second kappa shape index (κ2) is 4.84. The van der Waals surface area contributed by atoms with E-state index in [1.165, 1.54) is 30.1 Å². The number of hydrogen-bond acceptors (Lipinski definition) is 4. The number of rotatable bonds is 3. The van der Waals surface area contributed by atoms with Crippen LogP contribution >= 0.6 is 0 Å². The second-order valence-corrected chi connectivity index (χ2v) is 4.31. The minimum absolute atomic E-state index is 0.0201. The molecule has 0 aromatic heterocycles. The summed E-state index contributed by atoms with van der Waals surface area (Å²) in [6.07, 6.45) is 0. The second-order valence-electron chi connectivity index (χ2n) is 4.31. The van der Waals surface area contributed by atoms with E-state index in [0.29, 0.717) is 0 Å². The van der Waals surface area contributed by atoms with E-state index in [1.807, 2.05) is 6.07 Å². The molecule has 0 aliphatic rings. The zero-order chi connectivity index (χ0) is 13.9. The van der Waals surface area contributed by atoms with E-state index in [0.717, 1.165) is 0 Å². The maximum absolute atomic E-state index is 12.1. The number of nitro groups is 1. The molecular weight excluding hydrogens is 234 g/mol. The first-order chi connectivity index (χ1) is 8.31. The Morgan fingerprint density at radius 2 is 2.00 bits per heavy atom. The Hall–Kier alpha value is -2.42. The van der Waals surface area contributed by atoms with Crippen molar-refractivity contribution in [3.05, 3.63) is 39.9 Å². The van der Waals surface area contributed by atoms with Crippen LogP contribution in [0.15, 0.2) is 24.3 Å². The highest BCUT2D eigenvalue weighted by Crippen LogP contribution is 2.22. The SMILES string of the molecule is CN(C(=O)c1ccccc1[N+](=O)[O-])C(C)(C)C#N. The summed E-state index contributed by atoms with van der Waals surface area (Å²) in [5.74, 6) is -0.547. The monoisotopic (exact) mass is 247 g/mol. The first-order valence-corrected chi connectivity index (χ1v) is 5.24. The molecule has 0 atom stereocenters. The van der Waals surface area contributed by atoms with Gasteiger partial charge in [-0.2, -0.15) is 5.26 Å². The molecule has 94 valence electrons. The van der Waals surface area contributed by atoms with Crippen LogP contribution in [0.25, 0.3) is 0 Å². The summed E-state index contributed by atoms with van der Waals surface area (Å²) >= 11 is 0. The van der Waals surface area contributed by atoms with Gasteiger partial charge in [-0.15, -0.1) is 0 Å². The fourth-order valence-corrected chi connectivity index (χ4v) is 1.32. The number of nitriles is 1. The van der Waals surface area contributed by atoms with E-state index in [4.69, 9.17) is 5.26 Å². The van der Waals surface area contributed by atoms with Gasteiger partial charge in [-0.25, -0.2) is 0 Å². The Balaban J connectivity index is 3.21. The van der Waals surface area contributed by atoms with Crippen LogP contribution in [0.2, 0.25) is 0 Å². The first-order valence-electron chi connectivity index (χ1n) is 5.24. The third kappa shape index (κ3) is 2.46. The quantitative estimate of drug-likeness (QED) is 0.603. The third-order valence-electron chi connectivity index (χ3n) is 2.75. The van der Waals surface area contributed by atoms with Crippen LogP contribution in [-0.2, 0) is 0 Å². The van der Waals surface area contributed by atoms with E-state index in [1.54, 1.807) is 19.9 Å². The summed E-state index contributed by atoms with van der Waals surface area (Å²) in [6, 6.07) is 7.66. The average Bonchev–Trinajstić information content (AvgIpc) is 2.36. The number of carbonyl (C=O) groups is 1. The Bertz CT molecular complexity index is 532. The first kappa shape index (κ1) is 13.6. The lowest BCUT2D eigenvalue weighted by Crippen LogP contribution is -2.44. The standard InChI is InChI=1S/C12H13N3O3/c1-12(2,8-13)14(3)11(16)9-6-4-5-7-10(9)15(17)18/h4-7H,1-3H3. The Labute approximate surface area is 105 Å². The molecule has 0 radical (unpaired) electrons. The van der Waals surface area contributed by atoms with Crippen LogP contribution < -0.4 is 0 Å². The summed E-state index contributed by atoms with van der Waals surface area (Å²) in [6.45, 7) is 3.14. The van der Waals surface area contributed by atoms with Crippen molar-refractivity contribution in [1.82, 2.24) is 4.90 Å². The van der Waals surface area contributed by atoms with E-state index < -0.39 is 16.4 Å². The number of carbonyl (C=O) groups excluding carboxylic acids is 1. The maximum atomic E-state index is 12.1. The minimum Gasteiger partial charge on any atom is -0.323 e. The van der Waals surface area contributed by atoms with Gasteiger partial charge in [0.05, 0.1) is 11.0 Å². The Morgan fingerprint density at radius 3 is 2.50 bits per heavy atom. The topological polar surface area (TPSA) is 87.2 Å². The molecule has 0 aliphatic heterocycles. The lowest BCUT2D eigenvalue weighted by Gasteiger charge is -2.28. The van der Waals surface area contributed by atoms with Gasteiger partial charge in [-0.1, -0.05) is 12.1 Å². The predicted molar refractivity (Wildman–Crippen MR) is 64.9 cm³/mol. The van der Waals surface area contributed by atoms with E-state index in [-0.39, 0.29) is 11.3 Å². The van der Waals surface area contributed by atoms with Gasteiger partial charge in [-0.05, 0) is 19.9 Å². The zero-order valence-corrected chi connectivity index (χ0v) is 10.4.